The quantitative estimate of drug-likeness (QED) is 0.470. The highest BCUT2D eigenvalue weighted by atomic mass is 16.1. The van der Waals surface area contributed by atoms with E-state index in [-0.39, 0.29) is 6.04 Å². The minimum absolute atomic E-state index is 0.289. The van der Waals surface area contributed by atoms with Gasteiger partial charge in [0.2, 0.25) is 5.91 Å². The number of nitrogens with two attached hydrogens (primary N) is 3. The van der Waals surface area contributed by atoms with E-state index < -0.39 is 11.9 Å². The second-order valence-corrected chi connectivity index (χ2v) is 2.38. The van der Waals surface area contributed by atoms with Gasteiger partial charge in [-0.05, 0) is 6.42 Å². The molecule has 0 radical (unpaired) electrons. The molecule has 0 aliphatic carbocycles. The fourth-order valence-electron chi connectivity index (χ4n) is 0.724. The summed E-state index contributed by atoms with van der Waals surface area (Å²) in [6, 6.07) is -0.984. The van der Waals surface area contributed by atoms with Gasteiger partial charge in [0.25, 0.3) is 0 Å². The van der Waals surface area contributed by atoms with Crippen molar-refractivity contribution in [2.75, 3.05) is 0 Å². The van der Waals surface area contributed by atoms with E-state index in [1.807, 2.05) is 6.92 Å². The third kappa shape index (κ3) is 2.80. The molecule has 60 valence electrons. The van der Waals surface area contributed by atoms with Crippen LogP contribution in [0, 0.1) is 0 Å². The predicted molar refractivity (Wildman–Crippen MR) is 40.1 cm³/mol. The summed E-state index contributed by atoms with van der Waals surface area (Å²) in [7, 11) is 0. The first-order valence-corrected chi connectivity index (χ1v) is 3.40. The Labute approximate surface area is 60.7 Å². The zero-order chi connectivity index (χ0) is 8.15. The molecule has 0 aromatic rings. The number of rotatable bonds is 4. The molecule has 2 atom stereocenters. The molecule has 0 spiro atoms. The van der Waals surface area contributed by atoms with Crippen molar-refractivity contribution >= 4 is 5.91 Å². The minimum Gasteiger partial charge on any atom is -0.368 e. The van der Waals surface area contributed by atoms with Gasteiger partial charge in [0, 0.05) is 6.04 Å². The third-order valence-electron chi connectivity index (χ3n) is 1.41. The Morgan fingerprint density at radius 1 is 1.50 bits per heavy atom. The predicted octanol–water partition coefficient (Wildman–Crippen LogP) is -1.07. The second-order valence-electron chi connectivity index (χ2n) is 2.38. The average Bonchev–Trinajstić information content (AvgIpc) is 1.87. The summed E-state index contributed by atoms with van der Waals surface area (Å²) in [5.74, 6) is -0.527. The Kier molecular flexibility index (Phi) is 3.99. The van der Waals surface area contributed by atoms with Crippen LogP contribution in [0.2, 0.25) is 0 Å². The highest BCUT2D eigenvalue weighted by Gasteiger charge is 2.16. The average molecular weight is 145 g/mol. The Morgan fingerprint density at radius 3 is 2.30 bits per heavy atom. The van der Waals surface area contributed by atoms with Crippen molar-refractivity contribution in [2.45, 2.75) is 31.8 Å². The number of hydrogen-bond acceptors (Lipinski definition) is 3. The van der Waals surface area contributed by atoms with Crippen molar-refractivity contribution in [3.63, 3.8) is 0 Å². The first kappa shape index (κ1) is 9.39. The third-order valence-corrected chi connectivity index (χ3v) is 1.41. The molecule has 0 aromatic carbocycles. The fraction of sp³-hybridized carbons (Fsp3) is 0.833. The van der Waals surface area contributed by atoms with Gasteiger partial charge in [-0.1, -0.05) is 13.3 Å². The van der Waals surface area contributed by atoms with E-state index >= 15 is 0 Å². The van der Waals surface area contributed by atoms with Gasteiger partial charge < -0.3 is 17.2 Å². The molecule has 0 saturated heterocycles. The van der Waals surface area contributed by atoms with Crippen molar-refractivity contribution in [3.05, 3.63) is 0 Å². The van der Waals surface area contributed by atoms with Crippen LogP contribution in [0.5, 0.6) is 0 Å². The maximum Gasteiger partial charge on any atom is 0.235 e. The molecule has 0 aliphatic heterocycles. The second kappa shape index (κ2) is 4.24. The van der Waals surface area contributed by atoms with Crippen molar-refractivity contribution in [1.29, 1.82) is 0 Å². The normalized spacial score (nSPS) is 16.3. The van der Waals surface area contributed by atoms with E-state index in [9.17, 15) is 4.79 Å². The van der Waals surface area contributed by atoms with E-state index in [0.717, 1.165) is 12.8 Å². The molecule has 0 heterocycles. The largest absolute Gasteiger partial charge is 0.368 e. The zero-order valence-corrected chi connectivity index (χ0v) is 6.21. The highest BCUT2D eigenvalue weighted by molar-refractivity contribution is 5.80. The fourth-order valence-corrected chi connectivity index (χ4v) is 0.724. The van der Waals surface area contributed by atoms with E-state index in [4.69, 9.17) is 17.2 Å². The highest BCUT2D eigenvalue weighted by Crippen LogP contribution is 1.95. The minimum atomic E-state index is -0.694. The lowest BCUT2D eigenvalue weighted by Crippen LogP contribution is -2.50. The van der Waals surface area contributed by atoms with Crippen LogP contribution < -0.4 is 17.2 Å². The van der Waals surface area contributed by atoms with E-state index in [0.29, 0.717) is 0 Å². The van der Waals surface area contributed by atoms with Gasteiger partial charge in [-0.3, -0.25) is 4.79 Å². The molecular formula is C6H15N3O. The standard InChI is InChI=1S/C6H15N3O/c1-2-3-4(7)5(8)6(9)10/h4-5H,2-3,7-8H2,1H3,(H2,9,10)/t4?,5-/m0/s1. The number of hydrogen-bond donors (Lipinski definition) is 3. The van der Waals surface area contributed by atoms with Crippen LogP contribution in [0.3, 0.4) is 0 Å². The lowest BCUT2D eigenvalue weighted by atomic mass is 10.1. The van der Waals surface area contributed by atoms with Crippen molar-refractivity contribution < 1.29 is 4.79 Å². The first-order valence-electron chi connectivity index (χ1n) is 3.40. The van der Waals surface area contributed by atoms with Crippen LogP contribution in [-0.2, 0) is 4.79 Å². The Hall–Kier alpha value is -0.610. The van der Waals surface area contributed by atoms with Gasteiger partial charge in [-0.25, -0.2) is 0 Å². The van der Waals surface area contributed by atoms with Gasteiger partial charge in [-0.15, -0.1) is 0 Å². The van der Waals surface area contributed by atoms with Gasteiger partial charge in [0.05, 0.1) is 6.04 Å². The molecule has 6 N–H and O–H groups in total. The van der Waals surface area contributed by atoms with Crippen molar-refractivity contribution in [1.82, 2.24) is 0 Å². The van der Waals surface area contributed by atoms with Crippen LogP contribution in [0.15, 0.2) is 0 Å². The molecule has 4 heteroatoms. The summed E-state index contributed by atoms with van der Waals surface area (Å²) >= 11 is 0. The molecule has 0 saturated carbocycles. The molecule has 1 unspecified atom stereocenters. The molecule has 1 amide bonds. The molecule has 0 aliphatic rings. The molecule has 0 bridgehead atoms. The number of carbonyl (C=O) groups excluding carboxylic acids is 1. The van der Waals surface area contributed by atoms with E-state index in [1.54, 1.807) is 0 Å². The monoisotopic (exact) mass is 145 g/mol. The van der Waals surface area contributed by atoms with E-state index in [1.165, 1.54) is 0 Å². The number of amides is 1. The van der Waals surface area contributed by atoms with Crippen molar-refractivity contribution in [2.24, 2.45) is 17.2 Å². The van der Waals surface area contributed by atoms with Crippen LogP contribution in [0.25, 0.3) is 0 Å². The topological polar surface area (TPSA) is 95.1 Å². The maximum atomic E-state index is 10.4. The molecule has 0 aromatic heterocycles. The SMILES string of the molecule is CCCC(N)[C@H](N)C(N)=O. The van der Waals surface area contributed by atoms with Gasteiger partial charge in [-0.2, -0.15) is 0 Å². The summed E-state index contributed by atoms with van der Waals surface area (Å²) in [6.07, 6.45) is 1.66. The Bertz CT molecular complexity index is 116. The lowest BCUT2D eigenvalue weighted by molar-refractivity contribution is -0.119. The van der Waals surface area contributed by atoms with Crippen molar-refractivity contribution in [3.8, 4) is 0 Å². The smallest absolute Gasteiger partial charge is 0.235 e. The first-order chi connectivity index (χ1) is 4.59. The molecule has 0 rings (SSSR count). The molecule has 0 fully saturated rings. The summed E-state index contributed by atoms with van der Waals surface area (Å²) in [5.41, 5.74) is 15.8. The Balaban J connectivity index is 3.69. The summed E-state index contributed by atoms with van der Waals surface area (Å²) in [4.78, 5) is 10.4. The van der Waals surface area contributed by atoms with Crippen LogP contribution in [0.4, 0.5) is 0 Å². The number of primary amides is 1. The van der Waals surface area contributed by atoms with Gasteiger partial charge in [0.1, 0.15) is 0 Å². The summed E-state index contributed by atoms with van der Waals surface area (Å²) in [6.45, 7) is 1.98. The molecule has 4 nitrogen and oxygen atoms in total. The van der Waals surface area contributed by atoms with E-state index in [2.05, 4.69) is 0 Å². The van der Waals surface area contributed by atoms with Crippen LogP contribution >= 0.6 is 0 Å². The maximum absolute atomic E-state index is 10.4. The Morgan fingerprint density at radius 2 is 2.00 bits per heavy atom. The van der Waals surface area contributed by atoms with Crippen LogP contribution in [0.1, 0.15) is 19.8 Å². The molecule has 10 heavy (non-hydrogen) atoms. The number of carbonyl (C=O) groups is 1. The summed E-state index contributed by atoms with van der Waals surface area (Å²) < 4.78 is 0. The molecular weight excluding hydrogens is 130 g/mol. The van der Waals surface area contributed by atoms with Gasteiger partial charge in [0.15, 0.2) is 0 Å². The lowest BCUT2D eigenvalue weighted by Gasteiger charge is -2.14. The van der Waals surface area contributed by atoms with Gasteiger partial charge >= 0.3 is 0 Å². The zero-order valence-electron chi connectivity index (χ0n) is 6.21. The van der Waals surface area contributed by atoms with Crippen LogP contribution in [-0.4, -0.2) is 18.0 Å². The summed E-state index contributed by atoms with van der Waals surface area (Å²) in [5, 5.41) is 0.